The van der Waals surface area contributed by atoms with E-state index in [1.165, 1.54) is 18.1 Å². The van der Waals surface area contributed by atoms with Crippen LogP contribution in [0.3, 0.4) is 0 Å². The standard InChI is InChI=1S/C14H21BClN/c1-13(2)8-15(9-14(13,3)4)11-7-10(16)5-6-12(11)17/h5-7H,8-9,17H2,1-4H3. The third-order valence-electron chi connectivity index (χ3n) is 4.83. The molecule has 0 aliphatic carbocycles. The van der Waals surface area contributed by atoms with Crippen molar-refractivity contribution in [1.29, 1.82) is 0 Å². The van der Waals surface area contributed by atoms with E-state index < -0.39 is 0 Å². The average molecular weight is 250 g/mol. The minimum Gasteiger partial charge on any atom is -0.399 e. The molecular weight excluding hydrogens is 228 g/mol. The molecule has 0 spiro atoms. The van der Waals surface area contributed by atoms with Crippen LogP contribution in [-0.4, -0.2) is 6.71 Å². The largest absolute Gasteiger partial charge is 0.399 e. The van der Waals surface area contributed by atoms with Gasteiger partial charge in [-0.1, -0.05) is 57.4 Å². The minimum absolute atomic E-state index is 0.354. The van der Waals surface area contributed by atoms with E-state index in [0.29, 0.717) is 17.5 Å². The third-order valence-corrected chi connectivity index (χ3v) is 5.07. The Morgan fingerprint density at radius 1 is 1.12 bits per heavy atom. The molecule has 0 saturated carbocycles. The number of nitrogens with two attached hydrogens (primary N) is 1. The predicted molar refractivity (Wildman–Crippen MR) is 78.4 cm³/mol. The van der Waals surface area contributed by atoms with E-state index in [2.05, 4.69) is 27.7 Å². The first-order valence-corrected chi connectivity index (χ1v) is 6.66. The van der Waals surface area contributed by atoms with Gasteiger partial charge in [-0.05, 0) is 29.0 Å². The molecule has 0 amide bonds. The molecule has 0 radical (unpaired) electrons. The third kappa shape index (κ3) is 2.20. The lowest BCUT2D eigenvalue weighted by Gasteiger charge is -2.35. The van der Waals surface area contributed by atoms with Gasteiger partial charge in [0.05, 0.1) is 0 Å². The van der Waals surface area contributed by atoms with Crippen LogP contribution in [0.4, 0.5) is 5.69 Å². The number of hydrogen-bond acceptors (Lipinski definition) is 1. The molecule has 1 saturated heterocycles. The first-order valence-electron chi connectivity index (χ1n) is 6.28. The first-order chi connectivity index (χ1) is 7.73. The van der Waals surface area contributed by atoms with Gasteiger partial charge in [0.1, 0.15) is 0 Å². The molecule has 1 heterocycles. The van der Waals surface area contributed by atoms with Gasteiger partial charge in [0.15, 0.2) is 6.71 Å². The lowest BCUT2D eigenvalue weighted by molar-refractivity contribution is 0.177. The fourth-order valence-corrected chi connectivity index (χ4v) is 3.16. The van der Waals surface area contributed by atoms with E-state index >= 15 is 0 Å². The van der Waals surface area contributed by atoms with Gasteiger partial charge in [-0.2, -0.15) is 0 Å². The second-order valence-corrected chi connectivity index (χ2v) is 7.08. The molecule has 0 atom stereocenters. The summed E-state index contributed by atoms with van der Waals surface area (Å²) in [5, 5.41) is 0.789. The van der Waals surface area contributed by atoms with Crippen molar-refractivity contribution in [2.24, 2.45) is 10.8 Å². The SMILES string of the molecule is CC1(C)CB(c2cc(Cl)ccc2N)CC1(C)C. The van der Waals surface area contributed by atoms with E-state index in [1.807, 2.05) is 18.2 Å². The summed E-state index contributed by atoms with van der Waals surface area (Å²) in [6, 6.07) is 5.83. The van der Waals surface area contributed by atoms with E-state index in [-0.39, 0.29) is 0 Å². The van der Waals surface area contributed by atoms with Crippen molar-refractivity contribution in [3.8, 4) is 0 Å². The van der Waals surface area contributed by atoms with Crippen molar-refractivity contribution in [2.75, 3.05) is 5.73 Å². The molecule has 1 aromatic rings. The number of halogens is 1. The van der Waals surface area contributed by atoms with Gasteiger partial charge in [0, 0.05) is 10.7 Å². The molecule has 2 rings (SSSR count). The van der Waals surface area contributed by atoms with Crippen LogP contribution >= 0.6 is 11.6 Å². The molecule has 92 valence electrons. The molecular formula is C14H21BClN. The average Bonchev–Trinajstić information content (AvgIpc) is 2.40. The Hall–Kier alpha value is -0.625. The summed E-state index contributed by atoms with van der Waals surface area (Å²) in [6.07, 6.45) is 2.37. The van der Waals surface area contributed by atoms with Crippen LogP contribution in [0.1, 0.15) is 27.7 Å². The molecule has 2 N–H and O–H groups in total. The Labute approximate surface area is 110 Å². The molecule has 0 unspecified atom stereocenters. The Morgan fingerprint density at radius 3 is 2.18 bits per heavy atom. The van der Waals surface area contributed by atoms with Crippen molar-refractivity contribution in [3.63, 3.8) is 0 Å². The molecule has 0 bridgehead atoms. The summed E-state index contributed by atoms with van der Waals surface area (Å²) < 4.78 is 0. The van der Waals surface area contributed by atoms with Gasteiger partial charge in [-0.3, -0.25) is 0 Å². The van der Waals surface area contributed by atoms with E-state index in [0.717, 1.165) is 10.7 Å². The van der Waals surface area contributed by atoms with Gasteiger partial charge in [0.2, 0.25) is 0 Å². The van der Waals surface area contributed by atoms with Gasteiger partial charge < -0.3 is 5.73 Å². The summed E-state index contributed by atoms with van der Waals surface area (Å²) in [5.74, 6) is 0. The lowest BCUT2D eigenvalue weighted by atomic mass is 9.42. The van der Waals surface area contributed by atoms with Crippen molar-refractivity contribution in [1.82, 2.24) is 0 Å². The van der Waals surface area contributed by atoms with Crippen LogP contribution in [0, 0.1) is 10.8 Å². The van der Waals surface area contributed by atoms with Crippen molar-refractivity contribution >= 4 is 29.5 Å². The summed E-state index contributed by atoms with van der Waals surface area (Å²) in [5.41, 5.74) is 8.91. The maximum atomic E-state index is 6.09. The highest BCUT2D eigenvalue weighted by Gasteiger charge is 2.48. The van der Waals surface area contributed by atoms with E-state index in [1.54, 1.807) is 0 Å². The molecule has 17 heavy (non-hydrogen) atoms. The minimum atomic E-state index is 0.354. The number of hydrogen-bond donors (Lipinski definition) is 1. The monoisotopic (exact) mass is 249 g/mol. The Balaban J connectivity index is 2.35. The van der Waals surface area contributed by atoms with Crippen LogP contribution in [0.2, 0.25) is 17.7 Å². The second kappa shape index (κ2) is 3.95. The fourth-order valence-electron chi connectivity index (χ4n) is 2.98. The summed E-state index contributed by atoms with van der Waals surface area (Å²) in [6.45, 7) is 9.96. The summed E-state index contributed by atoms with van der Waals surface area (Å²) >= 11 is 6.08. The topological polar surface area (TPSA) is 26.0 Å². The zero-order chi connectivity index (χ0) is 12.8. The van der Waals surface area contributed by atoms with Crippen LogP contribution in [0.5, 0.6) is 0 Å². The fraction of sp³-hybridized carbons (Fsp3) is 0.571. The first kappa shape index (κ1) is 12.8. The smallest absolute Gasteiger partial charge is 0.179 e. The summed E-state index contributed by atoms with van der Waals surface area (Å²) in [4.78, 5) is 0. The maximum Gasteiger partial charge on any atom is 0.179 e. The van der Waals surface area contributed by atoms with Gasteiger partial charge in [-0.15, -0.1) is 0 Å². The van der Waals surface area contributed by atoms with Crippen molar-refractivity contribution in [3.05, 3.63) is 23.2 Å². The summed E-state index contributed by atoms with van der Waals surface area (Å²) in [7, 11) is 0. The number of benzene rings is 1. The molecule has 0 aromatic heterocycles. The van der Waals surface area contributed by atoms with Crippen LogP contribution in [0.15, 0.2) is 18.2 Å². The number of nitrogen functional groups attached to an aromatic ring is 1. The number of rotatable bonds is 1. The molecule has 1 aromatic carbocycles. The zero-order valence-electron chi connectivity index (χ0n) is 11.2. The quantitative estimate of drug-likeness (QED) is 0.596. The van der Waals surface area contributed by atoms with Crippen LogP contribution in [0.25, 0.3) is 0 Å². The highest BCUT2D eigenvalue weighted by Crippen LogP contribution is 2.52. The van der Waals surface area contributed by atoms with Gasteiger partial charge >= 0.3 is 0 Å². The van der Waals surface area contributed by atoms with Crippen molar-refractivity contribution in [2.45, 2.75) is 40.3 Å². The highest BCUT2D eigenvalue weighted by molar-refractivity contribution is 6.75. The molecule has 1 aliphatic heterocycles. The normalized spacial score (nSPS) is 21.8. The Morgan fingerprint density at radius 2 is 1.65 bits per heavy atom. The van der Waals surface area contributed by atoms with E-state index in [9.17, 15) is 0 Å². The van der Waals surface area contributed by atoms with E-state index in [4.69, 9.17) is 17.3 Å². The molecule has 3 heteroatoms. The Bertz CT molecular complexity index is 424. The maximum absolute atomic E-state index is 6.09. The lowest BCUT2D eigenvalue weighted by Crippen LogP contribution is -2.30. The highest BCUT2D eigenvalue weighted by atomic mass is 35.5. The predicted octanol–water partition coefficient (Wildman–Crippen LogP) is 3.69. The van der Waals surface area contributed by atoms with Crippen molar-refractivity contribution < 1.29 is 0 Å². The molecule has 1 nitrogen and oxygen atoms in total. The van der Waals surface area contributed by atoms with Gasteiger partial charge in [-0.25, -0.2) is 0 Å². The van der Waals surface area contributed by atoms with Crippen LogP contribution < -0.4 is 11.2 Å². The zero-order valence-corrected chi connectivity index (χ0v) is 11.9. The molecule has 1 aliphatic rings. The van der Waals surface area contributed by atoms with Gasteiger partial charge in [0.25, 0.3) is 0 Å². The number of anilines is 1. The molecule has 1 fully saturated rings. The van der Waals surface area contributed by atoms with Crippen LogP contribution in [-0.2, 0) is 0 Å². The Kier molecular flexibility index (Phi) is 2.98. The second-order valence-electron chi connectivity index (χ2n) is 6.65.